The van der Waals surface area contributed by atoms with Crippen LogP contribution in [-0.4, -0.2) is 20.6 Å². The predicted molar refractivity (Wildman–Crippen MR) is 97.9 cm³/mol. The number of hydrogen-bond donors (Lipinski definition) is 0. The fourth-order valence-electron chi connectivity index (χ4n) is 3.26. The second-order valence-electron chi connectivity index (χ2n) is 6.75. The maximum absolute atomic E-state index is 3.86. The quantitative estimate of drug-likeness (QED) is 0.545. The number of hydrogen-bond acceptors (Lipinski definition) is 0. The van der Waals surface area contributed by atoms with E-state index in [1.807, 2.05) is 6.08 Å². The highest BCUT2D eigenvalue weighted by molar-refractivity contribution is 5.81. The Bertz CT molecular complexity index is 733. The van der Waals surface area contributed by atoms with Crippen LogP contribution in [0.15, 0.2) is 60.7 Å². The van der Waals surface area contributed by atoms with E-state index in [0.29, 0.717) is 0 Å². The molecule has 0 aromatic heterocycles. The summed E-state index contributed by atoms with van der Waals surface area (Å²) in [7, 11) is 4.42. The largest absolute Gasteiger partial charge is 0.293 e. The Morgan fingerprint density at radius 1 is 1.09 bits per heavy atom. The fraction of sp³-hybridized carbons (Fsp3) is 0.238. The summed E-state index contributed by atoms with van der Waals surface area (Å²) in [6.45, 7) is 7.00. The van der Waals surface area contributed by atoms with Gasteiger partial charge in [0, 0.05) is 0 Å². The molecule has 2 aromatic carbocycles. The Hall–Kier alpha value is -2.12. The van der Waals surface area contributed by atoms with Crippen molar-refractivity contribution < 1.29 is 0 Å². The van der Waals surface area contributed by atoms with Crippen molar-refractivity contribution >= 4 is 11.8 Å². The molecule has 0 radical (unpaired) electrons. The molecule has 22 heavy (non-hydrogen) atoms. The first-order valence-corrected chi connectivity index (χ1v) is 7.85. The van der Waals surface area contributed by atoms with Crippen molar-refractivity contribution in [3.8, 4) is 11.1 Å². The van der Waals surface area contributed by atoms with Gasteiger partial charge in [-0.2, -0.15) is 0 Å². The molecule has 0 spiro atoms. The van der Waals surface area contributed by atoms with Crippen molar-refractivity contribution in [2.75, 3.05) is 20.6 Å². The van der Waals surface area contributed by atoms with Gasteiger partial charge in [0.15, 0.2) is 0 Å². The van der Waals surface area contributed by atoms with E-state index in [4.69, 9.17) is 0 Å². The predicted octanol–water partition coefficient (Wildman–Crippen LogP) is 5.07. The lowest BCUT2D eigenvalue weighted by atomic mass is 9.97. The molecule has 0 N–H and O–H groups in total. The van der Waals surface area contributed by atoms with Gasteiger partial charge in [-0.05, 0) is 65.9 Å². The second kappa shape index (κ2) is 5.58. The lowest BCUT2D eigenvalue weighted by molar-refractivity contribution is 0.442. The minimum atomic E-state index is 0.829. The summed E-state index contributed by atoms with van der Waals surface area (Å²) < 4.78 is 0.829. The summed E-state index contributed by atoms with van der Waals surface area (Å²) in [6, 6.07) is 15.6. The van der Waals surface area contributed by atoms with Crippen LogP contribution in [0.1, 0.15) is 18.1 Å². The molecular formula is C21H24N+. The van der Waals surface area contributed by atoms with Crippen molar-refractivity contribution in [2.24, 2.45) is 0 Å². The van der Waals surface area contributed by atoms with E-state index in [-0.39, 0.29) is 0 Å². The number of fused-ring (bicyclic) bond motifs is 1. The van der Waals surface area contributed by atoms with Crippen LogP contribution in [0.3, 0.4) is 0 Å². The molecular weight excluding hydrogens is 266 g/mol. The zero-order valence-electron chi connectivity index (χ0n) is 13.8. The maximum atomic E-state index is 3.86. The van der Waals surface area contributed by atoms with Crippen LogP contribution in [0.25, 0.3) is 17.2 Å². The Morgan fingerprint density at radius 3 is 2.50 bits per heavy atom. The van der Waals surface area contributed by atoms with Gasteiger partial charge in [-0.3, -0.25) is 4.48 Å². The molecule has 1 nitrogen and oxygen atoms in total. The first kappa shape index (κ1) is 14.8. The highest BCUT2D eigenvalue weighted by Gasteiger charge is 2.18. The zero-order valence-corrected chi connectivity index (χ0v) is 13.8. The van der Waals surface area contributed by atoms with Crippen LogP contribution in [0.4, 0.5) is 5.69 Å². The van der Waals surface area contributed by atoms with Crippen molar-refractivity contribution in [3.05, 3.63) is 71.8 Å². The van der Waals surface area contributed by atoms with E-state index in [1.54, 1.807) is 0 Å². The lowest BCUT2D eigenvalue weighted by Crippen LogP contribution is -2.40. The minimum Gasteiger partial charge on any atom is -0.293 e. The first-order chi connectivity index (χ1) is 10.5. The standard InChI is InChI=1S/C21H24N/c1-5-13-22(3,4)19-11-9-17(10-12-19)20-8-6-7-18-14-16(2)15-21(18)20/h5-12,15H,1,13-14H2,2-4H3/q+1. The number of likely N-dealkylation sites (N-methyl/N-ethyl adjacent to an activating group) is 1. The molecule has 0 saturated carbocycles. The van der Waals surface area contributed by atoms with Gasteiger partial charge < -0.3 is 0 Å². The third-order valence-corrected chi connectivity index (χ3v) is 4.52. The van der Waals surface area contributed by atoms with Crippen LogP contribution >= 0.6 is 0 Å². The van der Waals surface area contributed by atoms with E-state index >= 15 is 0 Å². The molecule has 0 heterocycles. The Balaban J connectivity index is 1.98. The number of nitrogens with zero attached hydrogens (tertiary/aromatic N) is 1. The Morgan fingerprint density at radius 2 is 1.82 bits per heavy atom. The molecule has 0 bridgehead atoms. The van der Waals surface area contributed by atoms with Gasteiger partial charge in [0.1, 0.15) is 12.2 Å². The van der Waals surface area contributed by atoms with Crippen LogP contribution in [0.2, 0.25) is 0 Å². The molecule has 0 saturated heterocycles. The van der Waals surface area contributed by atoms with Gasteiger partial charge >= 0.3 is 0 Å². The summed E-state index contributed by atoms with van der Waals surface area (Å²) in [6.07, 6.45) is 5.40. The van der Waals surface area contributed by atoms with Crippen LogP contribution in [0, 0.1) is 0 Å². The van der Waals surface area contributed by atoms with Crippen LogP contribution < -0.4 is 4.48 Å². The van der Waals surface area contributed by atoms with E-state index in [2.05, 4.69) is 76.1 Å². The van der Waals surface area contributed by atoms with Crippen molar-refractivity contribution in [2.45, 2.75) is 13.3 Å². The molecule has 2 aromatic rings. The normalized spacial score (nSPS) is 13.7. The van der Waals surface area contributed by atoms with E-state index in [9.17, 15) is 0 Å². The number of quaternary nitrogens is 1. The average Bonchev–Trinajstić information content (AvgIpc) is 2.87. The summed E-state index contributed by atoms with van der Waals surface area (Å²) in [5.41, 5.74) is 8.24. The number of rotatable bonds is 4. The number of allylic oxidation sites excluding steroid dienone is 1. The maximum Gasteiger partial charge on any atom is 0.132 e. The zero-order chi connectivity index (χ0) is 15.7. The monoisotopic (exact) mass is 290 g/mol. The van der Waals surface area contributed by atoms with Gasteiger partial charge in [-0.15, -0.1) is 0 Å². The van der Waals surface area contributed by atoms with Crippen molar-refractivity contribution in [3.63, 3.8) is 0 Å². The highest BCUT2D eigenvalue weighted by Crippen LogP contribution is 2.34. The molecule has 0 aliphatic heterocycles. The van der Waals surface area contributed by atoms with Crippen molar-refractivity contribution in [1.29, 1.82) is 0 Å². The van der Waals surface area contributed by atoms with Crippen LogP contribution in [-0.2, 0) is 6.42 Å². The first-order valence-electron chi connectivity index (χ1n) is 7.85. The molecule has 1 aliphatic rings. The van der Waals surface area contributed by atoms with Gasteiger partial charge in [-0.1, -0.05) is 36.4 Å². The fourth-order valence-corrected chi connectivity index (χ4v) is 3.26. The lowest BCUT2D eigenvalue weighted by Gasteiger charge is -2.28. The summed E-state index contributed by atoms with van der Waals surface area (Å²) in [4.78, 5) is 0. The minimum absolute atomic E-state index is 0.829. The highest BCUT2D eigenvalue weighted by atomic mass is 15.3. The molecule has 3 rings (SSSR count). The third-order valence-electron chi connectivity index (χ3n) is 4.52. The average molecular weight is 290 g/mol. The summed E-state index contributed by atoms with van der Waals surface area (Å²) in [5.74, 6) is 0. The summed E-state index contributed by atoms with van der Waals surface area (Å²) in [5, 5.41) is 0. The molecule has 1 aliphatic carbocycles. The Kier molecular flexibility index (Phi) is 3.76. The molecule has 0 atom stereocenters. The van der Waals surface area contributed by atoms with E-state index in [1.165, 1.54) is 33.5 Å². The van der Waals surface area contributed by atoms with E-state index < -0.39 is 0 Å². The number of benzene rings is 2. The molecule has 112 valence electrons. The second-order valence-corrected chi connectivity index (χ2v) is 6.75. The van der Waals surface area contributed by atoms with Gasteiger partial charge in [0.05, 0.1) is 14.1 Å². The summed E-state index contributed by atoms with van der Waals surface area (Å²) >= 11 is 0. The van der Waals surface area contributed by atoms with E-state index in [0.717, 1.165) is 17.4 Å². The van der Waals surface area contributed by atoms with Gasteiger partial charge in [-0.25, -0.2) is 0 Å². The molecule has 0 fully saturated rings. The third kappa shape index (κ3) is 2.65. The molecule has 1 heteroatoms. The van der Waals surface area contributed by atoms with Gasteiger partial charge in [0.25, 0.3) is 0 Å². The van der Waals surface area contributed by atoms with Crippen LogP contribution in [0.5, 0.6) is 0 Å². The topological polar surface area (TPSA) is 0 Å². The molecule has 0 unspecified atom stereocenters. The van der Waals surface area contributed by atoms with Gasteiger partial charge in [0.2, 0.25) is 0 Å². The van der Waals surface area contributed by atoms with Crippen molar-refractivity contribution in [1.82, 2.24) is 4.48 Å². The SMILES string of the molecule is C=CC[N+](C)(C)c1ccc(-c2cccc3c2C=C(C)C3)cc1. The smallest absolute Gasteiger partial charge is 0.132 e. The molecule has 0 amide bonds. The Labute approximate surface area is 133 Å².